The van der Waals surface area contributed by atoms with Crippen molar-refractivity contribution in [3.05, 3.63) is 27.1 Å². The monoisotopic (exact) mass is 360 g/mol. The summed E-state index contributed by atoms with van der Waals surface area (Å²) in [5, 5.41) is 6.17. The molecule has 1 fully saturated rings. The van der Waals surface area contributed by atoms with Crippen molar-refractivity contribution >= 4 is 43.5 Å². The summed E-state index contributed by atoms with van der Waals surface area (Å²) in [6.07, 6.45) is 3.19. The third kappa shape index (κ3) is 3.53. The average molecular weight is 362 g/mol. The number of hydrogen-bond acceptors (Lipinski definition) is 2. The van der Waals surface area contributed by atoms with Gasteiger partial charge in [-0.05, 0) is 53.5 Å². The van der Waals surface area contributed by atoms with E-state index >= 15 is 0 Å². The fraction of sp³-hybridized carbons (Fsp3) is 0.417. The summed E-state index contributed by atoms with van der Waals surface area (Å²) in [4.78, 5) is 12.0. The Hall–Kier alpha value is -0.390. The predicted molar refractivity (Wildman–Crippen MR) is 76.1 cm³/mol. The second-order valence-corrected chi connectivity index (χ2v) is 5.89. The Labute approximate surface area is 118 Å². The molecule has 17 heavy (non-hydrogen) atoms. The number of halogens is 2. The number of anilines is 1. The summed E-state index contributed by atoms with van der Waals surface area (Å²) in [5.41, 5.74) is 0.811. The summed E-state index contributed by atoms with van der Waals surface area (Å²) < 4.78 is 1.87. The van der Waals surface area contributed by atoms with Crippen molar-refractivity contribution in [2.75, 3.05) is 11.9 Å². The van der Waals surface area contributed by atoms with Crippen LogP contribution in [0.5, 0.6) is 0 Å². The van der Waals surface area contributed by atoms with Gasteiger partial charge in [-0.3, -0.25) is 4.79 Å². The molecule has 0 saturated carbocycles. The third-order valence-corrected chi connectivity index (χ3v) is 3.97. The number of carbonyl (C=O) groups excluding carboxylic acids is 1. The lowest BCUT2D eigenvalue weighted by Gasteiger charge is -2.22. The first kappa shape index (κ1) is 13.1. The van der Waals surface area contributed by atoms with E-state index in [2.05, 4.69) is 42.5 Å². The smallest absolute Gasteiger partial charge is 0.241 e. The van der Waals surface area contributed by atoms with Crippen molar-refractivity contribution in [2.24, 2.45) is 0 Å². The van der Waals surface area contributed by atoms with Crippen LogP contribution in [0.15, 0.2) is 27.1 Å². The van der Waals surface area contributed by atoms with E-state index in [1.807, 2.05) is 18.2 Å². The van der Waals surface area contributed by atoms with Gasteiger partial charge in [0.2, 0.25) is 5.91 Å². The first-order chi connectivity index (χ1) is 8.16. The fourth-order valence-electron chi connectivity index (χ4n) is 1.89. The molecular weight excluding hydrogens is 348 g/mol. The van der Waals surface area contributed by atoms with Crippen LogP contribution in [-0.4, -0.2) is 18.5 Å². The molecule has 0 bridgehead atoms. The first-order valence-corrected chi connectivity index (χ1v) is 7.25. The molecule has 1 saturated heterocycles. The van der Waals surface area contributed by atoms with Crippen LogP contribution in [0.4, 0.5) is 5.69 Å². The highest BCUT2D eigenvalue weighted by atomic mass is 79.9. The lowest BCUT2D eigenvalue weighted by molar-refractivity contribution is -0.118. The Morgan fingerprint density at radius 2 is 2.18 bits per heavy atom. The van der Waals surface area contributed by atoms with Crippen molar-refractivity contribution in [3.63, 3.8) is 0 Å². The standard InChI is InChI=1S/C12H14Br2N2O/c13-8-4-5-10(9(14)7-8)16-12(17)11-3-1-2-6-15-11/h4-5,7,11,15H,1-3,6H2,(H,16,17)/t11-/m0/s1. The Kier molecular flexibility index (Phi) is 4.59. The Bertz CT molecular complexity index is 417. The van der Waals surface area contributed by atoms with Gasteiger partial charge in [-0.2, -0.15) is 0 Å². The largest absolute Gasteiger partial charge is 0.324 e. The van der Waals surface area contributed by atoms with E-state index in [0.29, 0.717) is 0 Å². The van der Waals surface area contributed by atoms with E-state index in [-0.39, 0.29) is 11.9 Å². The third-order valence-electron chi connectivity index (χ3n) is 2.82. The van der Waals surface area contributed by atoms with Crippen molar-refractivity contribution in [3.8, 4) is 0 Å². The number of carbonyl (C=O) groups is 1. The second-order valence-electron chi connectivity index (χ2n) is 4.12. The van der Waals surface area contributed by atoms with Crippen LogP contribution in [-0.2, 0) is 4.79 Å². The van der Waals surface area contributed by atoms with Crippen LogP contribution in [0.25, 0.3) is 0 Å². The maximum atomic E-state index is 12.0. The lowest BCUT2D eigenvalue weighted by atomic mass is 10.0. The molecule has 1 atom stereocenters. The van der Waals surface area contributed by atoms with Gasteiger partial charge >= 0.3 is 0 Å². The van der Waals surface area contributed by atoms with Crippen molar-refractivity contribution < 1.29 is 4.79 Å². The van der Waals surface area contributed by atoms with Crippen molar-refractivity contribution in [1.82, 2.24) is 5.32 Å². The average Bonchev–Trinajstić information content (AvgIpc) is 2.34. The van der Waals surface area contributed by atoms with Crippen LogP contribution in [0.1, 0.15) is 19.3 Å². The molecule has 3 nitrogen and oxygen atoms in total. The van der Waals surface area contributed by atoms with E-state index < -0.39 is 0 Å². The first-order valence-electron chi connectivity index (χ1n) is 5.66. The van der Waals surface area contributed by atoms with E-state index in [1.165, 1.54) is 0 Å². The summed E-state index contributed by atoms with van der Waals surface area (Å²) in [6.45, 7) is 0.930. The van der Waals surface area contributed by atoms with Crippen molar-refractivity contribution in [2.45, 2.75) is 25.3 Å². The molecule has 2 rings (SSSR count). The van der Waals surface area contributed by atoms with E-state index in [0.717, 1.165) is 40.4 Å². The Morgan fingerprint density at radius 3 is 2.82 bits per heavy atom. The Morgan fingerprint density at radius 1 is 1.35 bits per heavy atom. The molecule has 1 amide bonds. The molecule has 1 heterocycles. The molecule has 0 aromatic heterocycles. The van der Waals surface area contributed by atoms with Gasteiger partial charge in [0.05, 0.1) is 11.7 Å². The quantitative estimate of drug-likeness (QED) is 0.848. The number of hydrogen-bond donors (Lipinski definition) is 2. The topological polar surface area (TPSA) is 41.1 Å². The van der Waals surface area contributed by atoms with E-state index in [4.69, 9.17) is 0 Å². The van der Waals surface area contributed by atoms with Crippen LogP contribution >= 0.6 is 31.9 Å². The molecule has 0 radical (unpaired) electrons. The molecular formula is C12H14Br2N2O. The van der Waals surface area contributed by atoms with Crippen LogP contribution < -0.4 is 10.6 Å². The van der Waals surface area contributed by atoms with Gasteiger partial charge < -0.3 is 10.6 Å². The minimum absolute atomic E-state index is 0.0488. The SMILES string of the molecule is O=C(Nc1ccc(Br)cc1Br)[C@@H]1CCCCN1. The van der Waals surface area contributed by atoms with Gasteiger partial charge in [-0.1, -0.05) is 22.4 Å². The molecule has 1 aliphatic heterocycles. The normalized spacial score (nSPS) is 20.0. The number of piperidine rings is 1. The van der Waals surface area contributed by atoms with Crippen LogP contribution in [0.3, 0.4) is 0 Å². The molecule has 0 aliphatic carbocycles. The van der Waals surface area contributed by atoms with E-state index in [9.17, 15) is 4.79 Å². The number of benzene rings is 1. The van der Waals surface area contributed by atoms with Gasteiger partial charge in [0.1, 0.15) is 0 Å². The number of nitrogens with one attached hydrogen (secondary N) is 2. The molecule has 0 unspecified atom stereocenters. The lowest BCUT2D eigenvalue weighted by Crippen LogP contribution is -2.43. The highest BCUT2D eigenvalue weighted by Crippen LogP contribution is 2.26. The highest BCUT2D eigenvalue weighted by molar-refractivity contribution is 9.11. The molecule has 1 aliphatic rings. The summed E-state index contributed by atoms with van der Waals surface area (Å²) in [6, 6.07) is 5.66. The molecule has 1 aromatic carbocycles. The maximum Gasteiger partial charge on any atom is 0.241 e. The van der Waals surface area contributed by atoms with Gasteiger partial charge in [-0.25, -0.2) is 0 Å². The fourth-order valence-corrected chi connectivity index (χ4v) is 3.03. The number of rotatable bonds is 2. The molecule has 5 heteroatoms. The zero-order valence-corrected chi connectivity index (χ0v) is 12.5. The zero-order valence-electron chi connectivity index (χ0n) is 9.30. The van der Waals surface area contributed by atoms with Gasteiger partial charge in [-0.15, -0.1) is 0 Å². The highest BCUT2D eigenvalue weighted by Gasteiger charge is 2.20. The molecule has 0 spiro atoms. The van der Waals surface area contributed by atoms with E-state index in [1.54, 1.807) is 0 Å². The minimum atomic E-state index is -0.0562. The molecule has 1 aromatic rings. The van der Waals surface area contributed by atoms with Gasteiger partial charge in [0, 0.05) is 8.95 Å². The van der Waals surface area contributed by atoms with Crippen LogP contribution in [0.2, 0.25) is 0 Å². The van der Waals surface area contributed by atoms with Crippen LogP contribution in [0, 0.1) is 0 Å². The van der Waals surface area contributed by atoms with Gasteiger partial charge in [0.25, 0.3) is 0 Å². The second kappa shape index (κ2) is 5.98. The maximum absolute atomic E-state index is 12.0. The van der Waals surface area contributed by atoms with Crippen molar-refractivity contribution in [1.29, 1.82) is 0 Å². The summed E-state index contributed by atoms with van der Waals surface area (Å²) >= 11 is 6.82. The molecule has 92 valence electrons. The predicted octanol–water partition coefficient (Wildman–Crippen LogP) is 3.29. The zero-order chi connectivity index (χ0) is 12.3. The van der Waals surface area contributed by atoms with Gasteiger partial charge in [0.15, 0.2) is 0 Å². The summed E-state index contributed by atoms with van der Waals surface area (Å²) in [5.74, 6) is 0.0488. The molecule has 2 N–H and O–H groups in total. The summed E-state index contributed by atoms with van der Waals surface area (Å²) in [7, 11) is 0. The Balaban J connectivity index is 2.02. The number of amides is 1. The minimum Gasteiger partial charge on any atom is -0.324 e.